The van der Waals surface area contributed by atoms with Crippen LogP contribution in [-0.4, -0.2) is 8.07 Å². The van der Waals surface area contributed by atoms with Crippen LogP contribution in [-0.2, 0) is 5.41 Å². The van der Waals surface area contributed by atoms with Crippen LogP contribution in [0.3, 0.4) is 0 Å². The Morgan fingerprint density at radius 2 is 1.22 bits per heavy atom. The van der Waals surface area contributed by atoms with Crippen LogP contribution in [0.1, 0.15) is 47.2 Å². The van der Waals surface area contributed by atoms with Crippen molar-refractivity contribution in [3.8, 4) is 0 Å². The van der Waals surface area contributed by atoms with Gasteiger partial charge in [-0.1, -0.05) is 56.9 Å². The van der Waals surface area contributed by atoms with Gasteiger partial charge in [-0.2, -0.15) is 0 Å². The second-order valence-electron chi connectivity index (χ2n) is 8.98. The van der Waals surface area contributed by atoms with Gasteiger partial charge >= 0.3 is 0 Å². The summed E-state index contributed by atoms with van der Waals surface area (Å²) in [5, 5.41) is 1.60. The molecule has 0 saturated heterocycles. The fourth-order valence-corrected chi connectivity index (χ4v) is 5.37. The summed E-state index contributed by atoms with van der Waals surface area (Å²) >= 11 is 0. The number of allylic oxidation sites excluding steroid dienone is 4. The highest BCUT2D eigenvalue weighted by molar-refractivity contribution is 6.83. The van der Waals surface area contributed by atoms with Crippen molar-refractivity contribution in [1.29, 1.82) is 0 Å². The summed E-state index contributed by atoms with van der Waals surface area (Å²) in [5.74, 6) is 0.503. The molecule has 23 heavy (non-hydrogen) atoms. The van der Waals surface area contributed by atoms with Crippen molar-refractivity contribution in [3.05, 3.63) is 56.8 Å². The zero-order valence-corrected chi connectivity index (χ0v) is 17.8. The summed E-state index contributed by atoms with van der Waals surface area (Å²) in [7, 11) is -1.23. The van der Waals surface area contributed by atoms with Gasteiger partial charge in [-0.3, -0.25) is 0 Å². The maximum absolute atomic E-state index is 2.55. The molecule has 126 valence electrons. The van der Waals surface area contributed by atoms with Crippen molar-refractivity contribution in [1.82, 2.24) is 0 Å². The molecule has 1 heteroatoms. The van der Waals surface area contributed by atoms with Gasteiger partial charge < -0.3 is 0 Å². The lowest BCUT2D eigenvalue weighted by molar-refractivity contribution is 0.442. The molecule has 1 atom stereocenters. The smallest absolute Gasteiger partial charge is 0.0771 e. The third-order valence-electron chi connectivity index (χ3n) is 6.19. The summed E-state index contributed by atoms with van der Waals surface area (Å²) in [6.45, 7) is 23.6. The lowest BCUT2D eigenvalue weighted by Gasteiger charge is -2.35. The van der Waals surface area contributed by atoms with E-state index in [1.165, 1.54) is 27.8 Å². The molecule has 0 radical (unpaired) electrons. The van der Waals surface area contributed by atoms with Crippen LogP contribution >= 0.6 is 0 Å². The van der Waals surface area contributed by atoms with E-state index < -0.39 is 8.07 Å². The zero-order valence-electron chi connectivity index (χ0n) is 16.8. The maximum Gasteiger partial charge on any atom is 0.0771 e. The van der Waals surface area contributed by atoms with Crippen LogP contribution in [0.15, 0.2) is 23.4 Å². The van der Waals surface area contributed by atoms with Crippen LogP contribution in [0, 0.1) is 40.5 Å². The third kappa shape index (κ3) is 3.00. The van der Waals surface area contributed by atoms with Crippen molar-refractivity contribution in [3.63, 3.8) is 0 Å². The minimum absolute atomic E-state index is 0.134. The Morgan fingerprint density at radius 3 is 1.61 bits per heavy atom. The van der Waals surface area contributed by atoms with Crippen molar-refractivity contribution in [2.45, 2.75) is 73.5 Å². The van der Waals surface area contributed by atoms with E-state index >= 15 is 0 Å². The molecule has 0 spiro atoms. The molecule has 0 heterocycles. The predicted molar refractivity (Wildman–Crippen MR) is 107 cm³/mol. The van der Waals surface area contributed by atoms with Gasteiger partial charge in [0.25, 0.3) is 0 Å². The molecule has 1 aromatic carbocycles. The molecule has 1 aliphatic carbocycles. The molecule has 0 saturated carbocycles. The van der Waals surface area contributed by atoms with Crippen molar-refractivity contribution in [2.75, 3.05) is 0 Å². The van der Waals surface area contributed by atoms with E-state index in [0.29, 0.717) is 5.92 Å². The van der Waals surface area contributed by atoms with E-state index in [1.54, 1.807) is 10.8 Å². The molecule has 2 rings (SSSR count). The lowest BCUT2D eigenvalue weighted by atomic mass is 9.69. The zero-order chi connectivity index (χ0) is 17.7. The molecule has 1 unspecified atom stereocenters. The molecule has 0 amide bonds. The first-order chi connectivity index (χ1) is 10.4. The molecule has 0 aliphatic heterocycles. The number of hydrogen-bond acceptors (Lipinski definition) is 0. The van der Waals surface area contributed by atoms with Gasteiger partial charge in [0.05, 0.1) is 8.07 Å². The van der Waals surface area contributed by atoms with E-state index in [4.69, 9.17) is 0 Å². The van der Waals surface area contributed by atoms with Gasteiger partial charge in [-0.05, 0) is 73.4 Å². The van der Waals surface area contributed by atoms with Crippen LogP contribution in [0.2, 0.25) is 19.6 Å². The van der Waals surface area contributed by atoms with E-state index in [-0.39, 0.29) is 5.41 Å². The van der Waals surface area contributed by atoms with Gasteiger partial charge in [0.1, 0.15) is 0 Å². The minimum atomic E-state index is -1.23. The Hall–Kier alpha value is -1.08. The molecular formula is C22H34Si. The number of benzene rings is 1. The van der Waals surface area contributed by atoms with E-state index in [9.17, 15) is 0 Å². The normalized spacial score (nSPS) is 18.5. The van der Waals surface area contributed by atoms with Gasteiger partial charge in [0.15, 0.2) is 0 Å². The van der Waals surface area contributed by atoms with Crippen LogP contribution < -0.4 is 0 Å². The molecule has 0 N–H and O–H groups in total. The minimum Gasteiger partial charge on any atom is -0.0775 e. The van der Waals surface area contributed by atoms with Gasteiger partial charge in [0.2, 0.25) is 0 Å². The fourth-order valence-electron chi connectivity index (χ4n) is 4.09. The van der Waals surface area contributed by atoms with Gasteiger partial charge in [-0.15, -0.1) is 0 Å². The number of rotatable bonds is 3. The summed E-state index contributed by atoms with van der Waals surface area (Å²) in [6, 6.07) is 0. The van der Waals surface area contributed by atoms with Crippen LogP contribution in [0.5, 0.6) is 0 Å². The Labute approximate surface area is 144 Å². The predicted octanol–water partition coefficient (Wildman–Crippen LogP) is 6.50. The van der Waals surface area contributed by atoms with Crippen LogP contribution in [0.25, 0.3) is 0 Å². The van der Waals surface area contributed by atoms with E-state index in [2.05, 4.69) is 86.3 Å². The lowest BCUT2D eigenvalue weighted by Crippen LogP contribution is -2.29. The second kappa shape index (κ2) is 5.77. The Kier molecular flexibility index (Phi) is 4.58. The van der Waals surface area contributed by atoms with E-state index in [1.807, 2.05) is 0 Å². The second-order valence-corrected chi connectivity index (χ2v) is 14.1. The highest BCUT2D eigenvalue weighted by Gasteiger charge is 2.35. The average Bonchev–Trinajstić information content (AvgIpc) is 2.93. The van der Waals surface area contributed by atoms with Gasteiger partial charge in [0, 0.05) is 5.92 Å². The molecular weight excluding hydrogens is 292 g/mol. The highest BCUT2D eigenvalue weighted by atomic mass is 28.3. The Balaban J connectivity index is 2.59. The average molecular weight is 327 g/mol. The first-order valence-electron chi connectivity index (χ1n) is 8.87. The molecule has 1 aromatic rings. The first kappa shape index (κ1) is 18.3. The summed E-state index contributed by atoms with van der Waals surface area (Å²) in [6.07, 6.45) is 7.39. The third-order valence-corrected chi connectivity index (χ3v) is 8.25. The molecule has 0 aromatic heterocycles. The van der Waals surface area contributed by atoms with Crippen molar-refractivity contribution >= 4 is 8.07 Å². The number of hydrogen-bond donors (Lipinski definition) is 0. The molecule has 1 aliphatic rings. The van der Waals surface area contributed by atoms with Gasteiger partial charge in [-0.25, -0.2) is 0 Å². The highest BCUT2D eigenvalue weighted by Crippen LogP contribution is 2.43. The van der Waals surface area contributed by atoms with Crippen LogP contribution in [0.4, 0.5) is 0 Å². The fraction of sp³-hybridized carbons (Fsp3) is 0.545. The van der Waals surface area contributed by atoms with Crippen molar-refractivity contribution < 1.29 is 0 Å². The summed E-state index contributed by atoms with van der Waals surface area (Å²) in [5.41, 5.74) is 9.05. The Bertz CT molecular complexity index is 665. The summed E-state index contributed by atoms with van der Waals surface area (Å²) < 4.78 is 0. The quantitative estimate of drug-likeness (QED) is 0.556. The monoisotopic (exact) mass is 326 g/mol. The summed E-state index contributed by atoms with van der Waals surface area (Å²) in [4.78, 5) is 0. The molecule has 0 nitrogen and oxygen atoms in total. The topological polar surface area (TPSA) is 0 Å². The van der Waals surface area contributed by atoms with E-state index in [0.717, 1.165) is 0 Å². The maximum atomic E-state index is 2.55. The SMILES string of the molecule is Cc1c(C)c(C)c(C(C)(C)C2C=CC([Si](C)(C)C)=C2)c(C)c1C. The molecule has 0 bridgehead atoms. The Morgan fingerprint density at radius 1 is 0.783 bits per heavy atom. The first-order valence-corrected chi connectivity index (χ1v) is 12.4. The van der Waals surface area contributed by atoms with Crippen molar-refractivity contribution in [2.24, 2.45) is 5.92 Å². The largest absolute Gasteiger partial charge is 0.0775 e. The standard InChI is InChI=1S/C22H34Si/c1-14-15(2)17(4)21(18(5)16(14)3)22(6,7)19-11-12-20(13-19)23(8,9)10/h11-13,19H,1-10H3. The molecule has 0 fully saturated rings.